The number of hydrogen-bond donors (Lipinski definition) is 0. The monoisotopic (exact) mass is 381 g/mol. The maximum absolute atomic E-state index is 14.4. The molecule has 3 heterocycles. The van der Waals surface area contributed by atoms with Gasteiger partial charge in [0.05, 0.1) is 34.6 Å². The highest BCUT2D eigenvalue weighted by Gasteiger charge is 2.27. The van der Waals surface area contributed by atoms with Gasteiger partial charge in [0, 0.05) is 23.6 Å². The molecule has 7 heteroatoms. The van der Waals surface area contributed by atoms with Crippen LogP contribution < -0.4 is 9.47 Å². The number of ether oxygens (including phenoxy) is 2. The molecule has 136 valence electrons. The summed E-state index contributed by atoms with van der Waals surface area (Å²) in [5, 5.41) is 0.797. The number of fused-ring (bicyclic) bond motifs is 4. The number of thiazole rings is 1. The van der Waals surface area contributed by atoms with Crippen molar-refractivity contribution in [2.75, 3.05) is 7.11 Å². The Morgan fingerprint density at radius 1 is 1.22 bits per heavy atom. The summed E-state index contributed by atoms with van der Waals surface area (Å²) in [5.41, 5.74) is 5.00. The van der Waals surface area contributed by atoms with Crippen LogP contribution in [0.5, 0.6) is 11.6 Å². The summed E-state index contributed by atoms with van der Waals surface area (Å²) in [6.07, 6.45) is 2.27. The van der Waals surface area contributed by atoms with Crippen LogP contribution in [0, 0.1) is 12.7 Å². The van der Waals surface area contributed by atoms with Gasteiger partial charge in [0.2, 0.25) is 5.88 Å². The molecule has 2 aromatic heterocycles. The Labute approximate surface area is 158 Å². The summed E-state index contributed by atoms with van der Waals surface area (Å²) < 4.78 is 26.2. The lowest BCUT2D eigenvalue weighted by Gasteiger charge is -2.06. The molecule has 0 N–H and O–H groups in total. The van der Waals surface area contributed by atoms with Crippen molar-refractivity contribution in [3.63, 3.8) is 0 Å². The minimum Gasteiger partial charge on any atom is -0.487 e. The molecular formula is C20H16FN3O2S. The molecule has 0 radical (unpaired) electrons. The van der Waals surface area contributed by atoms with Gasteiger partial charge in [-0.05, 0) is 31.5 Å². The van der Waals surface area contributed by atoms with E-state index in [-0.39, 0.29) is 11.9 Å². The van der Waals surface area contributed by atoms with E-state index < -0.39 is 0 Å². The molecule has 0 unspecified atom stereocenters. The van der Waals surface area contributed by atoms with Gasteiger partial charge in [-0.3, -0.25) is 0 Å². The Hall–Kier alpha value is -2.80. The van der Waals surface area contributed by atoms with Gasteiger partial charge in [-0.25, -0.2) is 19.3 Å². The molecule has 0 bridgehead atoms. The Kier molecular flexibility index (Phi) is 3.55. The van der Waals surface area contributed by atoms with Crippen LogP contribution in [0.2, 0.25) is 0 Å². The smallest absolute Gasteiger partial charge is 0.232 e. The van der Waals surface area contributed by atoms with Gasteiger partial charge >= 0.3 is 0 Å². The van der Waals surface area contributed by atoms with Gasteiger partial charge in [0.15, 0.2) is 11.6 Å². The van der Waals surface area contributed by atoms with Crippen LogP contribution in [0.25, 0.3) is 31.8 Å². The fraction of sp³-hybridized carbons (Fsp3) is 0.250. The van der Waals surface area contributed by atoms with E-state index in [2.05, 4.69) is 9.97 Å². The van der Waals surface area contributed by atoms with Gasteiger partial charge in [0.1, 0.15) is 11.1 Å². The summed E-state index contributed by atoms with van der Waals surface area (Å²) in [6.45, 7) is 3.95. The number of methoxy groups -OCH3 is 1. The Balaban J connectivity index is 1.76. The standard InChI is InChI=1S/C20H16FN3O2S/c1-9-4-11(17-14(5-9)23-16(25-3)8-22-17)20-24-15-7-13(21)18-12(19(15)27-20)6-10(2)26-18/h4-5,7-8,10H,6H2,1-3H3/t10-/m1/s1. The van der Waals surface area contributed by atoms with Crippen molar-refractivity contribution in [1.29, 1.82) is 0 Å². The molecule has 27 heavy (non-hydrogen) atoms. The average molecular weight is 381 g/mol. The van der Waals surface area contributed by atoms with Crippen LogP contribution in [-0.4, -0.2) is 28.2 Å². The first kappa shape index (κ1) is 16.4. The minimum atomic E-state index is -0.350. The second kappa shape index (κ2) is 5.85. The lowest BCUT2D eigenvalue weighted by molar-refractivity contribution is 0.245. The summed E-state index contributed by atoms with van der Waals surface area (Å²) in [6, 6.07) is 5.46. The van der Waals surface area contributed by atoms with Gasteiger partial charge < -0.3 is 9.47 Å². The van der Waals surface area contributed by atoms with E-state index in [0.717, 1.165) is 37.4 Å². The van der Waals surface area contributed by atoms with Gasteiger partial charge in [0.25, 0.3) is 0 Å². The quantitative estimate of drug-likeness (QED) is 0.504. The summed E-state index contributed by atoms with van der Waals surface area (Å²) in [4.78, 5) is 13.7. The molecular weight excluding hydrogens is 365 g/mol. The van der Waals surface area contributed by atoms with E-state index in [0.29, 0.717) is 23.6 Å². The summed E-state index contributed by atoms with van der Waals surface area (Å²) in [7, 11) is 1.57. The number of nitrogens with zero attached hydrogens (tertiary/aromatic N) is 3. The molecule has 5 nitrogen and oxygen atoms in total. The summed E-state index contributed by atoms with van der Waals surface area (Å²) in [5.74, 6) is 0.482. The van der Waals surface area contributed by atoms with Crippen molar-refractivity contribution < 1.29 is 13.9 Å². The van der Waals surface area contributed by atoms with Crippen molar-refractivity contribution in [1.82, 2.24) is 15.0 Å². The SMILES string of the molecule is COc1cnc2c(-c3nc4cc(F)c5c(c4s3)C[C@@H](C)O5)cc(C)cc2n1. The fourth-order valence-corrected chi connectivity index (χ4v) is 4.66. The molecule has 0 fully saturated rings. The van der Waals surface area contributed by atoms with Crippen LogP contribution in [0.1, 0.15) is 18.1 Å². The van der Waals surface area contributed by atoms with Crippen molar-refractivity contribution >= 4 is 32.6 Å². The van der Waals surface area contributed by atoms with E-state index in [1.165, 1.54) is 6.07 Å². The molecule has 2 aromatic carbocycles. The van der Waals surface area contributed by atoms with Gasteiger partial charge in [-0.1, -0.05) is 0 Å². The van der Waals surface area contributed by atoms with Gasteiger partial charge in [-0.15, -0.1) is 11.3 Å². The highest BCUT2D eigenvalue weighted by molar-refractivity contribution is 7.22. The molecule has 1 aliphatic heterocycles. The number of aryl methyl sites for hydroxylation is 1. The number of aromatic nitrogens is 3. The van der Waals surface area contributed by atoms with Gasteiger partial charge in [-0.2, -0.15) is 0 Å². The molecule has 0 aliphatic carbocycles. The van der Waals surface area contributed by atoms with Crippen molar-refractivity contribution in [2.24, 2.45) is 0 Å². The number of hydrogen-bond acceptors (Lipinski definition) is 6. The van der Waals surface area contributed by atoms with Crippen molar-refractivity contribution in [3.05, 3.63) is 41.3 Å². The number of benzene rings is 2. The van der Waals surface area contributed by atoms with Crippen LogP contribution >= 0.6 is 11.3 Å². The van der Waals surface area contributed by atoms with Crippen molar-refractivity contribution in [2.45, 2.75) is 26.4 Å². The van der Waals surface area contributed by atoms with E-state index >= 15 is 0 Å². The molecule has 0 spiro atoms. The molecule has 0 amide bonds. The summed E-state index contributed by atoms with van der Waals surface area (Å²) >= 11 is 1.54. The van der Waals surface area contributed by atoms with Crippen LogP contribution in [0.3, 0.4) is 0 Å². The molecule has 5 rings (SSSR count). The molecule has 1 atom stereocenters. The zero-order valence-corrected chi connectivity index (χ0v) is 15.9. The normalized spacial score (nSPS) is 15.9. The second-order valence-corrected chi connectivity index (χ2v) is 7.76. The lowest BCUT2D eigenvalue weighted by Crippen LogP contribution is -2.05. The van der Waals surface area contributed by atoms with Crippen LogP contribution in [-0.2, 0) is 6.42 Å². The molecule has 0 saturated carbocycles. The Morgan fingerprint density at radius 3 is 2.89 bits per heavy atom. The third-order valence-corrected chi connectivity index (χ3v) is 5.87. The largest absolute Gasteiger partial charge is 0.487 e. The first-order valence-corrected chi connectivity index (χ1v) is 9.45. The average Bonchev–Trinajstić information content (AvgIpc) is 3.23. The lowest BCUT2D eigenvalue weighted by atomic mass is 10.1. The second-order valence-electron chi connectivity index (χ2n) is 6.76. The maximum Gasteiger partial charge on any atom is 0.232 e. The highest BCUT2D eigenvalue weighted by atomic mass is 32.1. The van der Waals surface area contributed by atoms with E-state index in [1.807, 2.05) is 26.0 Å². The Morgan fingerprint density at radius 2 is 2.07 bits per heavy atom. The van der Waals surface area contributed by atoms with E-state index in [9.17, 15) is 4.39 Å². The van der Waals surface area contributed by atoms with E-state index in [4.69, 9.17) is 14.5 Å². The number of rotatable bonds is 2. The number of halogens is 1. The molecule has 0 saturated heterocycles. The van der Waals surface area contributed by atoms with Crippen LogP contribution in [0.15, 0.2) is 24.4 Å². The predicted octanol–water partition coefficient (Wildman–Crippen LogP) is 4.69. The minimum absolute atomic E-state index is 0.0243. The predicted molar refractivity (Wildman–Crippen MR) is 103 cm³/mol. The third kappa shape index (κ3) is 2.53. The first-order chi connectivity index (χ1) is 13.0. The zero-order chi connectivity index (χ0) is 18.7. The van der Waals surface area contributed by atoms with E-state index in [1.54, 1.807) is 24.6 Å². The first-order valence-electron chi connectivity index (χ1n) is 8.64. The topological polar surface area (TPSA) is 57.1 Å². The third-order valence-electron chi connectivity index (χ3n) is 4.70. The fourth-order valence-electron chi connectivity index (χ4n) is 3.55. The highest BCUT2D eigenvalue weighted by Crippen LogP contribution is 2.43. The zero-order valence-electron chi connectivity index (χ0n) is 15.0. The Bertz CT molecular complexity index is 1220. The van der Waals surface area contributed by atoms with Crippen LogP contribution in [0.4, 0.5) is 4.39 Å². The maximum atomic E-state index is 14.4. The molecule has 1 aliphatic rings. The molecule has 4 aromatic rings. The van der Waals surface area contributed by atoms with Crippen molar-refractivity contribution in [3.8, 4) is 22.2 Å².